The molecular formula is C35H58N2O10. The van der Waals surface area contributed by atoms with Crippen molar-refractivity contribution in [2.75, 3.05) is 27.3 Å². The van der Waals surface area contributed by atoms with Gasteiger partial charge >= 0.3 is 5.97 Å². The van der Waals surface area contributed by atoms with Crippen LogP contribution in [0.5, 0.6) is 0 Å². The summed E-state index contributed by atoms with van der Waals surface area (Å²) in [5.41, 5.74) is -1.97. The molecule has 0 aliphatic carbocycles. The maximum absolute atomic E-state index is 14.2. The Kier molecular flexibility index (Phi) is 13.1. The summed E-state index contributed by atoms with van der Waals surface area (Å²) in [4.78, 5) is 46.7. The molecule has 268 valence electrons. The summed E-state index contributed by atoms with van der Waals surface area (Å²) in [5, 5.41) is 23.5. The Morgan fingerprint density at radius 3 is 2.32 bits per heavy atom. The highest BCUT2D eigenvalue weighted by Crippen LogP contribution is 2.40. The number of nitrogens with zero attached hydrogens (tertiary/aromatic N) is 2. The van der Waals surface area contributed by atoms with Gasteiger partial charge in [0.25, 0.3) is 0 Å². The van der Waals surface area contributed by atoms with Gasteiger partial charge < -0.3 is 38.8 Å². The molecule has 1 amide bonds. The number of likely N-dealkylation sites (N-methyl/N-ethyl adjacent to an activating group) is 1. The zero-order chi connectivity index (χ0) is 35.6. The van der Waals surface area contributed by atoms with Crippen LogP contribution in [-0.2, 0) is 38.1 Å². The van der Waals surface area contributed by atoms with Crippen molar-refractivity contribution in [3.63, 3.8) is 0 Å². The molecule has 12 nitrogen and oxygen atoms in total. The summed E-state index contributed by atoms with van der Waals surface area (Å²) in [5.74, 6) is -4.88. The third-order valence-electron chi connectivity index (χ3n) is 10.2. The standard InChI is InChI=1S/C35H58N2O10/c1-13-26-35(10,42)31-21(5)27(36-24(8)38)19(3)15-34(9,44-17-18(2)16-43-31)30(22(6)28(39)23(7)32(41)46-26)47-33-29(40)25(37(11)12)14-20(4)45-33/h19-23,25-26,29-31,33,40,42H,2,13-17H2,1,3-12H3/t19-,20-,21+,22+,23-,25+,26-,29-,30-,31?,33+,34-,35-/m1/s1. The number of hydrogen-bond acceptors (Lipinski definition) is 11. The number of Topliss-reactive ketones (excluding diaryl/α,β-unsaturated/α-hetero) is 1. The minimum Gasteiger partial charge on any atom is -0.459 e. The molecule has 47 heavy (non-hydrogen) atoms. The van der Waals surface area contributed by atoms with Crippen LogP contribution in [0.2, 0.25) is 0 Å². The number of cyclic esters (lactones) is 1. The second-order valence-corrected chi connectivity index (χ2v) is 14.6. The van der Waals surface area contributed by atoms with E-state index in [9.17, 15) is 24.6 Å². The van der Waals surface area contributed by atoms with Crippen molar-refractivity contribution in [3.05, 3.63) is 12.2 Å². The maximum Gasteiger partial charge on any atom is 0.316 e. The van der Waals surface area contributed by atoms with E-state index in [1.54, 1.807) is 13.8 Å². The molecule has 3 saturated heterocycles. The van der Waals surface area contributed by atoms with Crippen LogP contribution in [0.4, 0.5) is 0 Å². The number of fused-ring (bicyclic) bond motifs is 5. The van der Waals surface area contributed by atoms with E-state index < -0.39 is 83.2 Å². The Balaban J connectivity index is 2.29. The Morgan fingerprint density at radius 2 is 1.74 bits per heavy atom. The maximum atomic E-state index is 14.2. The zero-order valence-corrected chi connectivity index (χ0v) is 30.1. The van der Waals surface area contributed by atoms with Crippen LogP contribution in [0.15, 0.2) is 17.1 Å². The Bertz CT molecular complexity index is 1190. The molecule has 1 unspecified atom stereocenters. The largest absolute Gasteiger partial charge is 0.459 e. The smallest absolute Gasteiger partial charge is 0.316 e. The van der Waals surface area contributed by atoms with E-state index in [-0.39, 0.29) is 38.2 Å². The Hall–Kier alpha value is -2.06. The highest BCUT2D eigenvalue weighted by atomic mass is 16.7. The minimum absolute atomic E-state index is 0.00373. The van der Waals surface area contributed by atoms with Crippen molar-refractivity contribution in [1.82, 2.24) is 4.90 Å². The lowest BCUT2D eigenvalue weighted by Gasteiger charge is -2.47. The summed E-state index contributed by atoms with van der Waals surface area (Å²) in [6.07, 6.45) is -4.44. The van der Waals surface area contributed by atoms with Gasteiger partial charge in [0.05, 0.1) is 37.1 Å². The van der Waals surface area contributed by atoms with E-state index in [2.05, 4.69) is 11.6 Å². The molecule has 3 rings (SSSR count). The first-order valence-corrected chi connectivity index (χ1v) is 16.9. The second-order valence-electron chi connectivity index (χ2n) is 14.6. The van der Waals surface area contributed by atoms with E-state index in [1.807, 2.05) is 46.7 Å². The number of amides is 1. The summed E-state index contributed by atoms with van der Waals surface area (Å²) in [7, 11) is 3.75. The Morgan fingerprint density at radius 1 is 1.11 bits per heavy atom. The first kappa shape index (κ1) is 39.4. The van der Waals surface area contributed by atoms with E-state index in [4.69, 9.17) is 23.7 Å². The SMILES string of the molecule is C=C1COC2[C@@H](C)C(=NC(C)=O)[C@H](C)C[C@@](C)(OC1)[C@H](O[C@@H]1O[C@H](C)C[C@H](N(C)C)[C@H]1O)[C@@H](C)C(=O)[C@@H](C)C(=O)O[C@H](CC)[C@@]2(C)O. The Labute approximate surface area is 280 Å². The topological polar surface area (TPSA) is 153 Å². The molecule has 2 N–H and O–H groups in total. The highest BCUT2D eigenvalue weighted by molar-refractivity contribution is 6.00. The van der Waals surface area contributed by atoms with Crippen molar-refractivity contribution in [2.45, 2.75) is 136 Å². The van der Waals surface area contributed by atoms with E-state index in [1.165, 1.54) is 20.8 Å². The molecule has 0 aromatic rings. The van der Waals surface area contributed by atoms with Gasteiger partial charge in [-0.25, -0.2) is 4.99 Å². The minimum atomic E-state index is -1.74. The van der Waals surface area contributed by atoms with Gasteiger partial charge in [-0.3, -0.25) is 14.4 Å². The number of ketones is 1. The molecule has 13 atom stereocenters. The van der Waals surface area contributed by atoms with E-state index in [0.717, 1.165) is 0 Å². The predicted molar refractivity (Wildman–Crippen MR) is 176 cm³/mol. The molecule has 3 heterocycles. The fourth-order valence-electron chi connectivity index (χ4n) is 7.59. The molecule has 0 spiro atoms. The van der Waals surface area contributed by atoms with Gasteiger partial charge in [-0.1, -0.05) is 34.3 Å². The molecule has 0 aromatic heterocycles. The van der Waals surface area contributed by atoms with Crippen molar-refractivity contribution in [2.24, 2.45) is 28.7 Å². The van der Waals surface area contributed by atoms with Crippen LogP contribution >= 0.6 is 0 Å². The lowest BCUT2D eigenvalue weighted by atomic mass is 9.73. The zero-order valence-electron chi connectivity index (χ0n) is 30.1. The summed E-state index contributed by atoms with van der Waals surface area (Å²) < 4.78 is 31.7. The molecule has 0 saturated carbocycles. The van der Waals surface area contributed by atoms with Gasteiger partial charge in [0.15, 0.2) is 12.1 Å². The van der Waals surface area contributed by atoms with Gasteiger partial charge in [0.2, 0.25) is 5.91 Å². The van der Waals surface area contributed by atoms with E-state index >= 15 is 0 Å². The van der Waals surface area contributed by atoms with Crippen LogP contribution in [0, 0.1) is 23.7 Å². The lowest BCUT2D eigenvalue weighted by Crippen LogP contribution is -2.60. The molecule has 2 bridgehead atoms. The summed E-state index contributed by atoms with van der Waals surface area (Å²) in [6.45, 7) is 19.5. The molecule has 12 heteroatoms. The monoisotopic (exact) mass is 666 g/mol. The third-order valence-corrected chi connectivity index (χ3v) is 10.2. The lowest BCUT2D eigenvalue weighted by molar-refractivity contribution is -0.296. The van der Waals surface area contributed by atoms with Gasteiger partial charge in [0, 0.05) is 30.5 Å². The van der Waals surface area contributed by atoms with Crippen LogP contribution in [-0.4, -0.2) is 120 Å². The summed E-state index contributed by atoms with van der Waals surface area (Å²) >= 11 is 0. The number of hydrogen-bond donors (Lipinski definition) is 2. The van der Waals surface area contributed by atoms with E-state index in [0.29, 0.717) is 17.7 Å². The molecule has 0 radical (unpaired) electrons. The predicted octanol–water partition coefficient (Wildman–Crippen LogP) is 3.11. The average Bonchev–Trinajstić information content (AvgIpc) is 3.00. The number of esters is 1. The average molecular weight is 667 g/mol. The van der Waals surface area contributed by atoms with Gasteiger partial charge in [-0.2, -0.15) is 0 Å². The van der Waals surface area contributed by atoms with Crippen molar-refractivity contribution in [3.8, 4) is 0 Å². The molecule has 3 aliphatic heterocycles. The normalized spacial score (nSPS) is 44.0. The molecular weight excluding hydrogens is 608 g/mol. The number of carbonyl (C=O) groups excluding carboxylic acids is 3. The van der Waals surface area contributed by atoms with Crippen LogP contribution in [0.3, 0.4) is 0 Å². The first-order valence-electron chi connectivity index (χ1n) is 16.9. The number of rotatable bonds is 4. The number of aliphatic imine (C=N–C) groups is 1. The first-order chi connectivity index (χ1) is 21.7. The second kappa shape index (κ2) is 15.7. The fourth-order valence-corrected chi connectivity index (χ4v) is 7.59. The van der Waals surface area contributed by atoms with Gasteiger partial charge in [-0.05, 0) is 72.5 Å². The summed E-state index contributed by atoms with van der Waals surface area (Å²) in [6, 6.07) is -0.273. The number of ether oxygens (including phenoxy) is 5. The van der Waals surface area contributed by atoms with Crippen LogP contribution < -0.4 is 0 Å². The van der Waals surface area contributed by atoms with Gasteiger partial charge in [0.1, 0.15) is 23.7 Å². The quantitative estimate of drug-likeness (QED) is 0.259. The van der Waals surface area contributed by atoms with Gasteiger partial charge in [-0.15, -0.1) is 0 Å². The number of carbonyl (C=O) groups is 3. The fraction of sp³-hybridized carbons (Fsp3) is 0.829. The third kappa shape index (κ3) is 8.76. The molecule has 3 aliphatic rings. The van der Waals surface area contributed by atoms with Crippen molar-refractivity contribution < 1.29 is 48.3 Å². The number of aliphatic hydroxyl groups excluding tert-OH is 1. The molecule has 3 fully saturated rings. The van der Waals surface area contributed by atoms with Crippen LogP contribution in [0.25, 0.3) is 0 Å². The van der Waals surface area contributed by atoms with Crippen molar-refractivity contribution >= 4 is 23.4 Å². The number of aliphatic hydroxyl groups is 2. The highest BCUT2D eigenvalue weighted by Gasteiger charge is 2.52. The van der Waals surface area contributed by atoms with Crippen LogP contribution in [0.1, 0.15) is 81.6 Å². The molecule has 0 aromatic carbocycles. The van der Waals surface area contributed by atoms with Crippen molar-refractivity contribution in [1.29, 1.82) is 0 Å².